The van der Waals surface area contributed by atoms with E-state index in [2.05, 4.69) is 10.1 Å². The average molecular weight is 331 g/mol. The molecule has 122 valence electrons. The Morgan fingerprint density at radius 1 is 0.960 bits per heavy atom. The van der Waals surface area contributed by atoms with Crippen LogP contribution in [0.3, 0.4) is 0 Å². The van der Waals surface area contributed by atoms with E-state index in [0.29, 0.717) is 5.56 Å². The Kier molecular flexibility index (Phi) is 3.61. The molecule has 0 unspecified atom stereocenters. The number of carbonyl (C=O) groups excluding carboxylic acids is 1. The van der Waals surface area contributed by atoms with Gasteiger partial charge in [0.25, 0.3) is 0 Å². The number of nitrogens with zero attached hydrogens (tertiary/aromatic N) is 3. The van der Waals surface area contributed by atoms with E-state index in [9.17, 15) is 9.18 Å². The van der Waals surface area contributed by atoms with E-state index in [1.165, 1.54) is 19.1 Å². The zero-order chi connectivity index (χ0) is 17.4. The van der Waals surface area contributed by atoms with E-state index in [1.54, 1.807) is 41.3 Å². The Bertz CT molecular complexity index is 1070. The molecule has 0 amide bonds. The topological polar surface area (TPSA) is 47.3 Å². The van der Waals surface area contributed by atoms with E-state index in [1.807, 2.05) is 18.2 Å². The SMILES string of the molecule is CC(=O)c1ccc2c(-c3ccncc3)c(-c3ccc(F)cc3)nn2c1. The summed E-state index contributed by atoms with van der Waals surface area (Å²) in [4.78, 5) is 15.7. The Morgan fingerprint density at radius 2 is 1.68 bits per heavy atom. The molecule has 0 aliphatic carbocycles. The second kappa shape index (κ2) is 5.94. The van der Waals surface area contributed by atoms with Gasteiger partial charge in [0.1, 0.15) is 11.5 Å². The zero-order valence-corrected chi connectivity index (χ0v) is 13.5. The number of hydrogen-bond acceptors (Lipinski definition) is 3. The molecule has 0 bridgehead atoms. The van der Waals surface area contributed by atoms with Gasteiger partial charge in [-0.2, -0.15) is 5.10 Å². The van der Waals surface area contributed by atoms with Crippen molar-refractivity contribution in [1.29, 1.82) is 0 Å². The van der Waals surface area contributed by atoms with E-state index in [-0.39, 0.29) is 11.6 Å². The number of halogens is 1. The van der Waals surface area contributed by atoms with Crippen molar-refractivity contribution in [3.63, 3.8) is 0 Å². The minimum Gasteiger partial charge on any atom is -0.294 e. The molecule has 3 aromatic heterocycles. The molecule has 0 N–H and O–H groups in total. The highest BCUT2D eigenvalue weighted by atomic mass is 19.1. The van der Waals surface area contributed by atoms with Crippen molar-refractivity contribution in [2.24, 2.45) is 0 Å². The first kappa shape index (κ1) is 15.2. The lowest BCUT2D eigenvalue weighted by Crippen LogP contribution is -1.96. The van der Waals surface area contributed by atoms with Gasteiger partial charge < -0.3 is 0 Å². The van der Waals surface area contributed by atoms with Crippen molar-refractivity contribution in [3.05, 3.63) is 78.5 Å². The molecule has 0 spiro atoms. The largest absolute Gasteiger partial charge is 0.294 e. The summed E-state index contributed by atoms with van der Waals surface area (Å²) in [5, 5.41) is 4.65. The van der Waals surface area contributed by atoms with Crippen LogP contribution in [0.15, 0.2) is 67.1 Å². The minimum atomic E-state index is -0.295. The summed E-state index contributed by atoms with van der Waals surface area (Å²) >= 11 is 0. The van der Waals surface area contributed by atoms with Gasteiger partial charge in [0.05, 0.1) is 5.52 Å². The molecule has 0 aliphatic heterocycles. The van der Waals surface area contributed by atoms with Crippen LogP contribution in [0, 0.1) is 5.82 Å². The number of Topliss-reactive ketones (excluding diaryl/α,β-unsaturated/α-hetero) is 1. The molecule has 4 nitrogen and oxygen atoms in total. The number of pyridine rings is 2. The molecule has 0 saturated carbocycles. The van der Waals surface area contributed by atoms with Crippen molar-refractivity contribution >= 4 is 11.3 Å². The predicted molar refractivity (Wildman–Crippen MR) is 93.8 cm³/mol. The first-order valence-electron chi connectivity index (χ1n) is 7.83. The van der Waals surface area contributed by atoms with E-state index in [0.717, 1.165) is 27.9 Å². The third-order valence-electron chi connectivity index (χ3n) is 4.12. The van der Waals surface area contributed by atoms with Gasteiger partial charge in [-0.25, -0.2) is 8.91 Å². The highest BCUT2D eigenvalue weighted by Crippen LogP contribution is 2.35. The first-order chi connectivity index (χ1) is 12.1. The van der Waals surface area contributed by atoms with Crippen LogP contribution >= 0.6 is 0 Å². The predicted octanol–water partition coefficient (Wildman–Crippen LogP) is 4.41. The second-order valence-electron chi connectivity index (χ2n) is 5.77. The Labute approximate surface area is 143 Å². The molecule has 0 aliphatic rings. The Balaban J connectivity index is 2.03. The number of aromatic nitrogens is 3. The van der Waals surface area contributed by atoms with E-state index < -0.39 is 0 Å². The molecule has 1 aromatic carbocycles. The van der Waals surface area contributed by atoms with Gasteiger partial charge >= 0.3 is 0 Å². The highest BCUT2D eigenvalue weighted by Gasteiger charge is 2.17. The lowest BCUT2D eigenvalue weighted by molar-refractivity contribution is 0.101. The van der Waals surface area contributed by atoms with Gasteiger partial charge in [-0.3, -0.25) is 9.78 Å². The molecule has 0 saturated heterocycles. The number of benzene rings is 1. The molecule has 3 heterocycles. The zero-order valence-electron chi connectivity index (χ0n) is 13.5. The number of fused-ring (bicyclic) bond motifs is 1. The van der Waals surface area contributed by atoms with Crippen molar-refractivity contribution in [1.82, 2.24) is 14.6 Å². The maximum absolute atomic E-state index is 13.3. The number of rotatable bonds is 3. The standard InChI is InChI=1S/C20H14FN3O/c1-13(25)16-4-7-18-19(14-8-10-22-11-9-14)20(23-24(18)12-16)15-2-5-17(21)6-3-15/h2-12H,1H3. The van der Waals surface area contributed by atoms with E-state index >= 15 is 0 Å². The summed E-state index contributed by atoms with van der Waals surface area (Å²) in [7, 11) is 0. The van der Waals surface area contributed by atoms with Crippen LogP contribution in [0.4, 0.5) is 4.39 Å². The van der Waals surface area contributed by atoms with Crippen LogP contribution in [0.5, 0.6) is 0 Å². The molecule has 4 rings (SSSR count). The van der Waals surface area contributed by atoms with Crippen LogP contribution in [0.1, 0.15) is 17.3 Å². The number of hydrogen-bond donors (Lipinski definition) is 0. The highest BCUT2D eigenvalue weighted by molar-refractivity contribution is 5.96. The number of carbonyl (C=O) groups is 1. The smallest absolute Gasteiger partial charge is 0.161 e. The first-order valence-corrected chi connectivity index (χ1v) is 7.83. The third-order valence-corrected chi connectivity index (χ3v) is 4.12. The van der Waals surface area contributed by atoms with Crippen molar-refractivity contribution < 1.29 is 9.18 Å². The molecule has 25 heavy (non-hydrogen) atoms. The van der Waals surface area contributed by atoms with Crippen LogP contribution in [-0.2, 0) is 0 Å². The summed E-state index contributed by atoms with van der Waals surface area (Å²) in [6.07, 6.45) is 5.16. The van der Waals surface area contributed by atoms with Crippen molar-refractivity contribution in [2.75, 3.05) is 0 Å². The lowest BCUT2D eigenvalue weighted by Gasteiger charge is -2.04. The van der Waals surface area contributed by atoms with Gasteiger partial charge in [0.15, 0.2) is 5.78 Å². The summed E-state index contributed by atoms with van der Waals surface area (Å²) in [5.41, 5.74) is 4.87. The van der Waals surface area contributed by atoms with Crippen LogP contribution in [0.25, 0.3) is 27.9 Å². The monoisotopic (exact) mass is 331 g/mol. The molecular weight excluding hydrogens is 317 g/mol. The van der Waals surface area contributed by atoms with Gasteiger partial charge in [-0.1, -0.05) is 0 Å². The van der Waals surface area contributed by atoms with E-state index in [4.69, 9.17) is 0 Å². The van der Waals surface area contributed by atoms with Gasteiger partial charge in [0.2, 0.25) is 0 Å². The minimum absolute atomic E-state index is 0.0220. The van der Waals surface area contributed by atoms with Crippen LogP contribution in [-0.4, -0.2) is 20.4 Å². The number of ketones is 1. The van der Waals surface area contributed by atoms with Crippen LogP contribution < -0.4 is 0 Å². The molecule has 0 radical (unpaired) electrons. The second-order valence-corrected chi connectivity index (χ2v) is 5.77. The van der Waals surface area contributed by atoms with Gasteiger partial charge in [-0.05, 0) is 61.0 Å². The molecule has 0 fully saturated rings. The van der Waals surface area contributed by atoms with Crippen molar-refractivity contribution in [3.8, 4) is 22.4 Å². The fourth-order valence-electron chi connectivity index (χ4n) is 2.87. The summed E-state index contributed by atoms with van der Waals surface area (Å²) in [5.74, 6) is -0.317. The average Bonchev–Trinajstić information content (AvgIpc) is 3.01. The maximum Gasteiger partial charge on any atom is 0.161 e. The fraction of sp³-hybridized carbons (Fsp3) is 0.0500. The maximum atomic E-state index is 13.3. The molecule has 5 heteroatoms. The van der Waals surface area contributed by atoms with Gasteiger partial charge in [0, 0.05) is 35.3 Å². The van der Waals surface area contributed by atoms with Crippen molar-refractivity contribution in [2.45, 2.75) is 6.92 Å². The fourth-order valence-corrected chi connectivity index (χ4v) is 2.87. The summed E-state index contributed by atoms with van der Waals surface area (Å²) in [6, 6.07) is 13.7. The summed E-state index contributed by atoms with van der Waals surface area (Å²) < 4.78 is 15.0. The van der Waals surface area contributed by atoms with Crippen LogP contribution in [0.2, 0.25) is 0 Å². The van der Waals surface area contributed by atoms with Gasteiger partial charge in [-0.15, -0.1) is 0 Å². The molecule has 4 aromatic rings. The summed E-state index contributed by atoms with van der Waals surface area (Å²) in [6.45, 7) is 1.52. The lowest BCUT2D eigenvalue weighted by atomic mass is 10.0. The Hall–Kier alpha value is -3.34. The third kappa shape index (κ3) is 2.70. The molecular formula is C20H14FN3O. The quantitative estimate of drug-likeness (QED) is 0.523. The Morgan fingerprint density at radius 3 is 2.36 bits per heavy atom. The normalized spacial score (nSPS) is 11.0. The molecule has 0 atom stereocenters.